The maximum absolute atomic E-state index is 14.3. The van der Waals surface area contributed by atoms with Gasteiger partial charge in [-0.2, -0.15) is 0 Å². The molecule has 7 nitrogen and oxygen atoms in total. The Labute approximate surface area is 191 Å². The molecular weight excluding hydrogens is 426 g/mol. The summed E-state index contributed by atoms with van der Waals surface area (Å²) in [5, 5.41) is 6.20. The number of aryl methyl sites for hydroxylation is 1. The molecule has 2 aliphatic rings. The third-order valence-corrected chi connectivity index (χ3v) is 6.44. The zero-order valence-electron chi connectivity index (χ0n) is 18.7. The maximum atomic E-state index is 14.3. The van der Waals surface area contributed by atoms with Crippen LogP contribution in [-0.4, -0.2) is 66.8 Å². The molecule has 174 valence electrons. The van der Waals surface area contributed by atoms with Crippen LogP contribution in [0.4, 0.5) is 20.3 Å². The van der Waals surface area contributed by atoms with E-state index in [9.17, 15) is 8.78 Å². The lowest BCUT2D eigenvalue weighted by Crippen LogP contribution is -2.47. The maximum Gasteiger partial charge on any atom is 0.255 e. The summed E-state index contributed by atoms with van der Waals surface area (Å²) < 4.78 is 34.1. The first-order valence-electron chi connectivity index (χ1n) is 11.4. The van der Waals surface area contributed by atoms with E-state index >= 15 is 0 Å². The molecular formula is C24H28F2N6O. The Hall–Kier alpha value is -2.91. The zero-order valence-corrected chi connectivity index (χ0v) is 18.7. The highest BCUT2D eigenvalue weighted by molar-refractivity contribution is 5.88. The normalized spacial score (nSPS) is 20.7. The van der Waals surface area contributed by atoms with Crippen LogP contribution in [0.3, 0.4) is 0 Å². The van der Waals surface area contributed by atoms with Crippen molar-refractivity contribution in [3.05, 3.63) is 42.2 Å². The van der Waals surface area contributed by atoms with E-state index in [0.29, 0.717) is 23.4 Å². The Kier molecular flexibility index (Phi) is 6.07. The summed E-state index contributed by atoms with van der Waals surface area (Å²) in [5.74, 6) is -3.03. The lowest BCUT2D eigenvalue weighted by atomic mass is 9.95. The molecule has 0 spiro atoms. The van der Waals surface area contributed by atoms with Crippen molar-refractivity contribution in [1.29, 1.82) is 0 Å². The van der Waals surface area contributed by atoms with Gasteiger partial charge in [-0.25, -0.2) is 18.7 Å². The number of halogens is 2. The van der Waals surface area contributed by atoms with Crippen molar-refractivity contribution in [3.63, 3.8) is 0 Å². The van der Waals surface area contributed by atoms with Crippen LogP contribution in [0, 0.1) is 12.8 Å². The third-order valence-electron chi connectivity index (χ3n) is 6.44. The first kappa shape index (κ1) is 21.9. The first-order valence-corrected chi connectivity index (χ1v) is 11.4. The number of aromatic nitrogens is 3. The number of ether oxygens (including phenoxy) is 1. The fourth-order valence-corrected chi connectivity index (χ4v) is 4.54. The average Bonchev–Trinajstić information content (AvgIpc) is 2.83. The van der Waals surface area contributed by atoms with Gasteiger partial charge in [0.2, 0.25) is 0 Å². The number of morpholine rings is 1. The topological polar surface area (TPSA) is 75.2 Å². The van der Waals surface area contributed by atoms with E-state index in [0.717, 1.165) is 43.1 Å². The number of anilines is 2. The predicted octanol–water partition coefficient (Wildman–Crippen LogP) is 3.49. The highest BCUT2D eigenvalue weighted by Crippen LogP contribution is 2.32. The Balaban J connectivity index is 1.45. The second-order valence-corrected chi connectivity index (χ2v) is 8.67. The first-order chi connectivity index (χ1) is 16.0. The highest BCUT2D eigenvalue weighted by atomic mass is 19.3. The van der Waals surface area contributed by atoms with Gasteiger partial charge in [0.15, 0.2) is 5.82 Å². The van der Waals surface area contributed by atoms with E-state index in [4.69, 9.17) is 9.72 Å². The largest absolute Gasteiger partial charge is 0.378 e. The number of piperidine rings is 1. The molecule has 2 fully saturated rings. The van der Waals surface area contributed by atoms with Crippen LogP contribution in [0.25, 0.3) is 22.3 Å². The Bertz CT molecular complexity index is 1140. The molecule has 33 heavy (non-hydrogen) atoms. The second-order valence-electron chi connectivity index (χ2n) is 8.67. The number of rotatable bonds is 5. The van der Waals surface area contributed by atoms with Crippen LogP contribution in [0.5, 0.6) is 0 Å². The molecule has 0 saturated carbocycles. The van der Waals surface area contributed by atoms with E-state index in [1.807, 2.05) is 12.1 Å². The van der Waals surface area contributed by atoms with E-state index < -0.39 is 11.8 Å². The van der Waals surface area contributed by atoms with Gasteiger partial charge in [0.25, 0.3) is 5.92 Å². The number of hydrogen-bond acceptors (Lipinski definition) is 7. The summed E-state index contributed by atoms with van der Waals surface area (Å²) in [6.07, 6.45) is 3.07. The number of benzene rings is 1. The van der Waals surface area contributed by atoms with Crippen molar-refractivity contribution in [2.75, 3.05) is 56.2 Å². The molecule has 0 amide bonds. The number of nitrogens with one attached hydrogen (secondary N) is 2. The van der Waals surface area contributed by atoms with Crippen LogP contribution >= 0.6 is 0 Å². The summed E-state index contributed by atoms with van der Waals surface area (Å²) in [7, 11) is 0. The fraction of sp³-hybridized carbons (Fsp3) is 0.458. The van der Waals surface area contributed by atoms with Gasteiger partial charge >= 0.3 is 0 Å². The molecule has 0 radical (unpaired) electrons. The summed E-state index contributed by atoms with van der Waals surface area (Å²) in [6, 6.07) is 8.16. The van der Waals surface area contributed by atoms with Gasteiger partial charge in [-0.15, -0.1) is 0 Å². The third kappa shape index (κ3) is 4.60. The van der Waals surface area contributed by atoms with Crippen LogP contribution in [0.2, 0.25) is 0 Å². The van der Waals surface area contributed by atoms with Crippen LogP contribution in [0.1, 0.15) is 12.0 Å². The monoisotopic (exact) mass is 454 g/mol. The molecule has 3 aromatic rings. The van der Waals surface area contributed by atoms with E-state index in [1.165, 1.54) is 5.69 Å². The molecule has 0 aliphatic carbocycles. The minimum atomic E-state index is -2.70. The Morgan fingerprint density at radius 3 is 2.79 bits per heavy atom. The predicted molar refractivity (Wildman–Crippen MR) is 125 cm³/mol. The lowest BCUT2D eigenvalue weighted by Gasteiger charge is -2.32. The van der Waals surface area contributed by atoms with Crippen molar-refractivity contribution in [2.24, 2.45) is 5.92 Å². The minimum Gasteiger partial charge on any atom is -0.378 e. The summed E-state index contributed by atoms with van der Waals surface area (Å²) in [5.41, 5.74) is 5.27. The number of fused-ring (bicyclic) bond motifs is 1. The molecule has 9 heteroatoms. The summed E-state index contributed by atoms with van der Waals surface area (Å²) in [6.45, 7) is 6.02. The molecule has 4 heterocycles. The van der Waals surface area contributed by atoms with Gasteiger partial charge in [0, 0.05) is 62.8 Å². The average molecular weight is 455 g/mol. The van der Waals surface area contributed by atoms with Gasteiger partial charge in [-0.05, 0) is 30.7 Å². The smallest absolute Gasteiger partial charge is 0.255 e. The molecule has 2 saturated heterocycles. The molecule has 2 aliphatic heterocycles. The lowest BCUT2D eigenvalue weighted by molar-refractivity contribution is -0.0728. The SMILES string of the molecule is Cc1cc(-c2cc3nccnc3c(NC[C@H]3CNCCC3(F)F)n2)ccc1N1CCOCC1. The Morgan fingerprint density at radius 2 is 2.00 bits per heavy atom. The van der Waals surface area contributed by atoms with Crippen molar-refractivity contribution >= 4 is 22.5 Å². The molecule has 5 rings (SSSR count). The number of alkyl halides is 2. The number of nitrogens with zero attached hydrogens (tertiary/aromatic N) is 4. The van der Waals surface area contributed by atoms with Gasteiger partial charge < -0.3 is 20.3 Å². The van der Waals surface area contributed by atoms with E-state index in [2.05, 4.69) is 44.6 Å². The van der Waals surface area contributed by atoms with Crippen molar-refractivity contribution in [1.82, 2.24) is 20.3 Å². The van der Waals surface area contributed by atoms with Crippen molar-refractivity contribution in [2.45, 2.75) is 19.3 Å². The fourth-order valence-electron chi connectivity index (χ4n) is 4.54. The van der Waals surface area contributed by atoms with Crippen LogP contribution in [-0.2, 0) is 4.74 Å². The second kappa shape index (κ2) is 9.15. The quantitative estimate of drug-likeness (QED) is 0.611. The highest BCUT2D eigenvalue weighted by Gasteiger charge is 2.41. The molecule has 1 atom stereocenters. The molecule has 0 bridgehead atoms. The Morgan fingerprint density at radius 1 is 1.18 bits per heavy atom. The van der Waals surface area contributed by atoms with Gasteiger partial charge in [-0.1, -0.05) is 6.07 Å². The van der Waals surface area contributed by atoms with Crippen LogP contribution < -0.4 is 15.5 Å². The zero-order chi connectivity index (χ0) is 22.8. The van der Waals surface area contributed by atoms with Crippen LogP contribution in [0.15, 0.2) is 36.7 Å². The number of hydrogen-bond donors (Lipinski definition) is 2. The standard InChI is InChI=1S/C24H28F2N6O/c1-16-12-17(2-3-21(16)32-8-10-33-11-9-32)19-13-20-22(29-7-6-28-20)23(31-19)30-15-18-14-27-5-4-24(18,25)26/h2-3,6-7,12-13,18,27H,4-5,8-11,14-15H2,1H3,(H,30,31)/t18-/m1/s1. The van der Waals surface area contributed by atoms with E-state index in [-0.39, 0.29) is 19.5 Å². The summed E-state index contributed by atoms with van der Waals surface area (Å²) >= 11 is 0. The molecule has 1 aromatic carbocycles. The van der Waals surface area contributed by atoms with Gasteiger partial charge in [0.1, 0.15) is 5.52 Å². The summed E-state index contributed by atoms with van der Waals surface area (Å²) in [4.78, 5) is 15.9. The molecule has 0 unspecified atom stereocenters. The van der Waals surface area contributed by atoms with E-state index in [1.54, 1.807) is 12.4 Å². The number of pyridine rings is 1. The minimum absolute atomic E-state index is 0.108. The van der Waals surface area contributed by atoms with Crippen molar-refractivity contribution in [3.8, 4) is 11.3 Å². The van der Waals surface area contributed by atoms with Crippen molar-refractivity contribution < 1.29 is 13.5 Å². The van der Waals surface area contributed by atoms with Gasteiger partial charge in [-0.3, -0.25) is 4.98 Å². The molecule has 2 aromatic heterocycles. The molecule has 2 N–H and O–H groups in total. The van der Waals surface area contributed by atoms with Gasteiger partial charge in [0.05, 0.1) is 30.3 Å².